The molecule has 9 heteroatoms. The molecular weight excluding hydrogens is 300 g/mol. The number of amides is 3. The molecule has 2 fully saturated rings. The normalized spacial score (nSPS) is 26.7. The van der Waals surface area contributed by atoms with Crippen LogP contribution in [0.4, 0.5) is 10.6 Å². The molecule has 1 saturated carbocycles. The number of urea groups is 1. The lowest BCUT2D eigenvalue weighted by Gasteiger charge is -2.28. The Labute approximate surface area is 131 Å². The summed E-state index contributed by atoms with van der Waals surface area (Å²) in [6.45, 7) is 2.34. The number of carbonyl (C=O) groups is 2. The van der Waals surface area contributed by atoms with Gasteiger partial charge in [0.1, 0.15) is 23.1 Å². The van der Waals surface area contributed by atoms with E-state index < -0.39 is 11.6 Å². The number of nitrogens with one attached hydrogen (secondary N) is 3. The Morgan fingerprint density at radius 1 is 1.43 bits per heavy atom. The predicted molar refractivity (Wildman–Crippen MR) is 79.6 cm³/mol. The first-order valence-electron chi connectivity index (χ1n) is 7.54. The zero-order chi connectivity index (χ0) is 16.0. The van der Waals surface area contributed by atoms with Gasteiger partial charge < -0.3 is 15.2 Å². The minimum Gasteiger partial charge on any atom is -0.369 e. The summed E-state index contributed by atoms with van der Waals surface area (Å²) in [5.74, 6) is 0.389. The van der Waals surface area contributed by atoms with Crippen molar-refractivity contribution in [3.8, 4) is 0 Å². The van der Waals surface area contributed by atoms with Gasteiger partial charge in [0.25, 0.3) is 11.6 Å². The fourth-order valence-corrected chi connectivity index (χ4v) is 3.60. The zero-order valence-electron chi connectivity index (χ0n) is 12.5. The van der Waals surface area contributed by atoms with E-state index in [9.17, 15) is 9.59 Å². The number of anilines is 1. The van der Waals surface area contributed by atoms with Crippen molar-refractivity contribution >= 4 is 28.9 Å². The van der Waals surface area contributed by atoms with Crippen molar-refractivity contribution < 1.29 is 14.1 Å². The van der Waals surface area contributed by atoms with Crippen molar-refractivity contribution in [2.24, 2.45) is 5.92 Å². The Hall–Kier alpha value is -2.71. The minimum atomic E-state index is -0.806. The van der Waals surface area contributed by atoms with E-state index in [0.717, 1.165) is 18.2 Å². The number of carbonyl (C=O) groups excluding carboxylic acids is 2. The van der Waals surface area contributed by atoms with Crippen molar-refractivity contribution in [2.75, 3.05) is 11.9 Å². The monoisotopic (exact) mass is 316 g/mol. The number of hydrogen-bond acceptors (Lipinski definition) is 7. The van der Waals surface area contributed by atoms with Crippen LogP contribution >= 0.6 is 0 Å². The molecule has 0 aromatic carbocycles. The Kier molecular flexibility index (Phi) is 2.97. The van der Waals surface area contributed by atoms with Crippen molar-refractivity contribution in [1.29, 1.82) is 0 Å². The average Bonchev–Trinajstić information content (AvgIpc) is 3.18. The van der Waals surface area contributed by atoms with Crippen LogP contribution in [-0.2, 0) is 4.79 Å². The van der Waals surface area contributed by atoms with E-state index in [1.807, 2.05) is 6.92 Å². The molecule has 3 heterocycles. The number of nitrogens with zero attached hydrogens (tertiary/aromatic N) is 3. The summed E-state index contributed by atoms with van der Waals surface area (Å²) >= 11 is 0. The van der Waals surface area contributed by atoms with E-state index in [2.05, 4.69) is 31.1 Å². The van der Waals surface area contributed by atoms with Crippen LogP contribution in [-0.4, -0.2) is 39.1 Å². The molecule has 0 bridgehead atoms. The number of fused-ring (bicyclic) bond motifs is 1. The van der Waals surface area contributed by atoms with Gasteiger partial charge in [-0.3, -0.25) is 10.1 Å². The van der Waals surface area contributed by atoms with E-state index >= 15 is 0 Å². The van der Waals surface area contributed by atoms with Crippen LogP contribution < -0.4 is 16.0 Å². The molecule has 1 aliphatic heterocycles. The van der Waals surface area contributed by atoms with Crippen LogP contribution in [0, 0.1) is 12.8 Å². The van der Waals surface area contributed by atoms with Gasteiger partial charge in [0.05, 0.1) is 5.69 Å². The molecule has 1 aliphatic carbocycles. The van der Waals surface area contributed by atoms with E-state index in [1.54, 1.807) is 0 Å². The van der Waals surface area contributed by atoms with Crippen molar-refractivity contribution in [3.63, 3.8) is 0 Å². The Balaban J connectivity index is 1.57. The first kappa shape index (κ1) is 13.9. The molecular formula is C14H16N6O3. The zero-order valence-corrected chi connectivity index (χ0v) is 12.5. The van der Waals surface area contributed by atoms with Gasteiger partial charge in [-0.15, -0.1) is 0 Å². The molecule has 1 spiro atoms. The summed E-state index contributed by atoms with van der Waals surface area (Å²) in [4.78, 5) is 32.0. The van der Waals surface area contributed by atoms with Crippen molar-refractivity contribution in [3.05, 3.63) is 12.0 Å². The van der Waals surface area contributed by atoms with Gasteiger partial charge >= 0.3 is 6.03 Å². The molecule has 2 aliphatic rings. The molecule has 9 nitrogen and oxygen atoms in total. The third-order valence-electron chi connectivity index (χ3n) is 4.75. The van der Waals surface area contributed by atoms with E-state index in [1.165, 1.54) is 6.33 Å². The largest absolute Gasteiger partial charge is 0.369 e. The van der Waals surface area contributed by atoms with Gasteiger partial charge in [0.15, 0.2) is 0 Å². The van der Waals surface area contributed by atoms with Gasteiger partial charge in [0, 0.05) is 12.5 Å². The maximum Gasteiger partial charge on any atom is 0.322 e. The number of imide groups is 1. The lowest BCUT2D eigenvalue weighted by molar-refractivity contribution is -0.125. The molecule has 1 saturated heterocycles. The standard InChI is InChI=1S/C14H16N6O3/c1-7-9-10(16-6-17-11(9)23-20-7)15-5-8-3-2-4-14(8)12(21)18-13(22)19-14/h6,8H,2-5H2,1H3,(H,15,16,17)(H2,18,19,21,22)/t8-,14+/m0/s1. The van der Waals surface area contributed by atoms with E-state index in [-0.39, 0.29) is 11.8 Å². The maximum absolute atomic E-state index is 12.2. The Morgan fingerprint density at radius 3 is 3.09 bits per heavy atom. The molecule has 2 aromatic heterocycles. The van der Waals surface area contributed by atoms with E-state index in [4.69, 9.17) is 4.52 Å². The molecule has 120 valence electrons. The van der Waals surface area contributed by atoms with Crippen LogP contribution in [0.2, 0.25) is 0 Å². The molecule has 0 unspecified atom stereocenters. The Morgan fingerprint density at radius 2 is 2.30 bits per heavy atom. The topological polar surface area (TPSA) is 122 Å². The highest BCUT2D eigenvalue weighted by atomic mass is 16.5. The molecule has 0 radical (unpaired) electrons. The number of aryl methyl sites for hydroxylation is 1. The molecule has 3 N–H and O–H groups in total. The fraction of sp³-hybridized carbons (Fsp3) is 0.500. The minimum absolute atomic E-state index is 0.000804. The van der Waals surface area contributed by atoms with Crippen LogP contribution in [0.5, 0.6) is 0 Å². The number of hydrogen-bond donors (Lipinski definition) is 3. The third-order valence-corrected chi connectivity index (χ3v) is 4.75. The highest BCUT2D eigenvalue weighted by Gasteiger charge is 2.54. The first-order valence-corrected chi connectivity index (χ1v) is 7.54. The molecule has 2 aromatic rings. The van der Waals surface area contributed by atoms with Gasteiger partial charge in [-0.1, -0.05) is 11.6 Å². The first-order chi connectivity index (χ1) is 11.1. The third kappa shape index (κ3) is 2.03. The molecule has 23 heavy (non-hydrogen) atoms. The number of rotatable bonds is 3. The molecule has 4 rings (SSSR count). The highest BCUT2D eigenvalue weighted by Crippen LogP contribution is 2.38. The van der Waals surface area contributed by atoms with Crippen LogP contribution in [0.25, 0.3) is 11.1 Å². The second kappa shape index (κ2) is 4.90. The van der Waals surface area contributed by atoms with Gasteiger partial charge in [0.2, 0.25) is 0 Å². The fourth-order valence-electron chi connectivity index (χ4n) is 3.60. The van der Waals surface area contributed by atoms with Gasteiger partial charge in [-0.05, 0) is 19.8 Å². The molecule has 2 atom stereocenters. The van der Waals surface area contributed by atoms with Crippen molar-refractivity contribution in [1.82, 2.24) is 25.8 Å². The maximum atomic E-state index is 12.2. The number of aromatic nitrogens is 3. The Bertz CT molecular complexity index is 803. The SMILES string of the molecule is Cc1noc2ncnc(NC[C@@H]3CCC[C@@]34NC(=O)NC4=O)c12. The summed E-state index contributed by atoms with van der Waals surface area (Å²) in [6, 6.07) is -0.416. The van der Waals surface area contributed by atoms with Gasteiger partial charge in [-0.25, -0.2) is 9.78 Å². The summed E-state index contributed by atoms with van der Waals surface area (Å²) < 4.78 is 5.12. The molecule has 3 amide bonds. The van der Waals surface area contributed by atoms with Crippen LogP contribution in [0.3, 0.4) is 0 Å². The predicted octanol–water partition coefficient (Wildman–Crippen LogP) is 0.716. The second-order valence-corrected chi connectivity index (χ2v) is 6.02. The van der Waals surface area contributed by atoms with Crippen LogP contribution in [0.15, 0.2) is 10.9 Å². The second-order valence-electron chi connectivity index (χ2n) is 6.02. The lowest BCUT2D eigenvalue weighted by atomic mass is 9.87. The average molecular weight is 316 g/mol. The summed E-state index contributed by atoms with van der Waals surface area (Å²) in [7, 11) is 0. The summed E-state index contributed by atoms with van der Waals surface area (Å²) in [6.07, 6.45) is 3.81. The summed E-state index contributed by atoms with van der Waals surface area (Å²) in [5.41, 5.74) is 0.323. The smallest absolute Gasteiger partial charge is 0.322 e. The summed E-state index contributed by atoms with van der Waals surface area (Å²) in [5, 5.41) is 13.0. The van der Waals surface area contributed by atoms with Crippen LogP contribution in [0.1, 0.15) is 25.0 Å². The highest BCUT2D eigenvalue weighted by molar-refractivity contribution is 6.07. The quantitative estimate of drug-likeness (QED) is 0.713. The lowest BCUT2D eigenvalue weighted by Crippen LogP contribution is -2.51. The van der Waals surface area contributed by atoms with Crippen molar-refractivity contribution in [2.45, 2.75) is 31.7 Å². The van der Waals surface area contributed by atoms with Gasteiger partial charge in [-0.2, -0.15) is 4.98 Å². The van der Waals surface area contributed by atoms with E-state index in [0.29, 0.717) is 30.2 Å².